The molecule has 0 aliphatic heterocycles. The Morgan fingerprint density at radius 1 is 1.30 bits per heavy atom. The van der Waals surface area contributed by atoms with Crippen molar-refractivity contribution in [1.29, 1.82) is 0 Å². The van der Waals surface area contributed by atoms with Crippen LogP contribution in [0.15, 0.2) is 0 Å². The summed E-state index contributed by atoms with van der Waals surface area (Å²) in [6, 6.07) is 0. The molecule has 0 atom stereocenters. The molecule has 62 valence electrons. The molecule has 0 radical (unpaired) electrons. The van der Waals surface area contributed by atoms with Crippen molar-refractivity contribution in [3.8, 4) is 0 Å². The Balaban J connectivity index is 3.04. The van der Waals surface area contributed by atoms with Gasteiger partial charge in [-0.1, -0.05) is 0 Å². The summed E-state index contributed by atoms with van der Waals surface area (Å²) in [5, 5.41) is 0. The van der Waals surface area contributed by atoms with Gasteiger partial charge in [-0.05, 0) is 38.1 Å². The van der Waals surface area contributed by atoms with Crippen LogP contribution < -0.4 is 0 Å². The molecule has 0 bridgehead atoms. The molecule has 0 heterocycles. The molecule has 0 amide bonds. The van der Waals surface area contributed by atoms with Gasteiger partial charge in [0.2, 0.25) is 0 Å². The average molecular weight is 178 g/mol. The minimum Gasteiger partial charge on any atom is -0.418 e. The van der Waals surface area contributed by atoms with Crippen LogP contribution in [-0.2, 0) is 4.43 Å². The Morgan fingerprint density at radius 3 is 2.30 bits per heavy atom. The van der Waals surface area contributed by atoms with Gasteiger partial charge < -0.3 is 4.43 Å². The Hall–Kier alpha value is 0.527. The van der Waals surface area contributed by atoms with E-state index >= 15 is 0 Å². The second kappa shape index (κ2) is 5.21. The molecule has 0 rings (SSSR count). The van der Waals surface area contributed by atoms with Crippen molar-refractivity contribution >= 4 is 20.1 Å². The van der Waals surface area contributed by atoms with Crippen molar-refractivity contribution in [3.63, 3.8) is 0 Å². The fourth-order valence-electron chi connectivity index (χ4n) is 0.582. The number of thioether (sulfide) groups is 1. The Morgan fingerprint density at radius 2 is 1.90 bits per heavy atom. The van der Waals surface area contributed by atoms with E-state index in [1.54, 1.807) is 0 Å². The smallest absolute Gasteiger partial charge is 0.183 e. The first-order valence-electron chi connectivity index (χ1n) is 3.69. The minimum atomic E-state index is -1.22. The highest BCUT2D eigenvalue weighted by Crippen LogP contribution is 2.04. The van der Waals surface area contributed by atoms with Gasteiger partial charge in [0, 0.05) is 6.61 Å². The summed E-state index contributed by atoms with van der Waals surface area (Å²) < 4.78 is 5.66. The molecular weight excluding hydrogens is 160 g/mol. The first-order chi connectivity index (χ1) is 4.56. The maximum Gasteiger partial charge on any atom is 0.183 e. The van der Waals surface area contributed by atoms with Gasteiger partial charge in [-0.25, -0.2) is 0 Å². The van der Waals surface area contributed by atoms with Crippen LogP contribution in [0.2, 0.25) is 19.6 Å². The molecule has 0 aromatic rings. The molecule has 0 saturated carbocycles. The van der Waals surface area contributed by atoms with E-state index in [-0.39, 0.29) is 0 Å². The SMILES string of the molecule is CSCCCO[Si](C)(C)C. The molecular formula is C7H18OSSi. The zero-order valence-corrected chi connectivity index (χ0v) is 9.25. The summed E-state index contributed by atoms with van der Waals surface area (Å²) in [7, 11) is -1.22. The first-order valence-corrected chi connectivity index (χ1v) is 8.49. The van der Waals surface area contributed by atoms with Gasteiger partial charge in [0.1, 0.15) is 0 Å². The lowest BCUT2D eigenvalue weighted by Gasteiger charge is -2.16. The van der Waals surface area contributed by atoms with Crippen molar-refractivity contribution in [2.45, 2.75) is 26.1 Å². The van der Waals surface area contributed by atoms with Crippen LogP contribution in [-0.4, -0.2) is 26.9 Å². The largest absolute Gasteiger partial charge is 0.418 e. The second-order valence-electron chi connectivity index (χ2n) is 3.31. The molecule has 0 saturated heterocycles. The van der Waals surface area contributed by atoms with E-state index in [4.69, 9.17) is 4.43 Å². The van der Waals surface area contributed by atoms with Crippen LogP contribution in [0.4, 0.5) is 0 Å². The molecule has 1 nitrogen and oxygen atoms in total. The van der Waals surface area contributed by atoms with E-state index in [0.29, 0.717) is 0 Å². The summed E-state index contributed by atoms with van der Waals surface area (Å²) in [5.41, 5.74) is 0. The van der Waals surface area contributed by atoms with Crippen LogP contribution in [0.5, 0.6) is 0 Å². The third kappa shape index (κ3) is 8.53. The molecule has 10 heavy (non-hydrogen) atoms. The lowest BCUT2D eigenvalue weighted by molar-refractivity contribution is 0.312. The molecule has 0 aromatic heterocycles. The molecule has 0 spiro atoms. The van der Waals surface area contributed by atoms with Gasteiger partial charge in [-0.15, -0.1) is 0 Å². The Kier molecular flexibility index (Phi) is 5.49. The molecule has 0 aliphatic rings. The van der Waals surface area contributed by atoms with E-state index in [0.717, 1.165) is 6.61 Å². The third-order valence-electron chi connectivity index (χ3n) is 1.03. The number of hydrogen-bond donors (Lipinski definition) is 0. The summed E-state index contributed by atoms with van der Waals surface area (Å²) in [5.74, 6) is 1.23. The molecule has 3 heteroatoms. The zero-order chi connectivity index (χ0) is 8.04. The van der Waals surface area contributed by atoms with Crippen LogP contribution in [0.3, 0.4) is 0 Å². The second-order valence-corrected chi connectivity index (χ2v) is 8.81. The minimum absolute atomic E-state index is 0.955. The normalized spacial score (nSPS) is 12.0. The molecule has 0 N–H and O–H groups in total. The predicted molar refractivity (Wildman–Crippen MR) is 52.3 cm³/mol. The van der Waals surface area contributed by atoms with Crippen molar-refractivity contribution in [2.24, 2.45) is 0 Å². The van der Waals surface area contributed by atoms with Crippen molar-refractivity contribution in [3.05, 3.63) is 0 Å². The number of hydrogen-bond acceptors (Lipinski definition) is 2. The van der Waals surface area contributed by atoms with Gasteiger partial charge in [0.25, 0.3) is 0 Å². The zero-order valence-electron chi connectivity index (χ0n) is 7.44. The van der Waals surface area contributed by atoms with Gasteiger partial charge in [-0.2, -0.15) is 11.8 Å². The fourth-order valence-corrected chi connectivity index (χ4v) is 1.74. The van der Waals surface area contributed by atoms with E-state index in [1.807, 2.05) is 11.8 Å². The summed E-state index contributed by atoms with van der Waals surface area (Å²) >= 11 is 1.89. The first kappa shape index (κ1) is 10.5. The lowest BCUT2D eigenvalue weighted by Crippen LogP contribution is -2.25. The van der Waals surface area contributed by atoms with Crippen molar-refractivity contribution < 1.29 is 4.43 Å². The summed E-state index contributed by atoms with van der Waals surface area (Å²) in [4.78, 5) is 0. The highest BCUT2D eigenvalue weighted by molar-refractivity contribution is 7.98. The highest BCUT2D eigenvalue weighted by Gasteiger charge is 2.12. The molecule has 0 unspecified atom stereocenters. The Labute approximate surface area is 69.7 Å². The molecule has 0 aromatic carbocycles. The monoisotopic (exact) mass is 178 g/mol. The lowest BCUT2D eigenvalue weighted by atomic mass is 10.5. The van der Waals surface area contributed by atoms with E-state index in [9.17, 15) is 0 Å². The maximum atomic E-state index is 5.66. The molecule has 0 aliphatic carbocycles. The van der Waals surface area contributed by atoms with Crippen molar-refractivity contribution in [1.82, 2.24) is 0 Å². The van der Waals surface area contributed by atoms with E-state index in [2.05, 4.69) is 25.9 Å². The van der Waals surface area contributed by atoms with Crippen LogP contribution >= 0.6 is 11.8 Å². The van der Waals surface area contributed by atoms with Gasteiger partial charge in [-0.3, -0.25) is 0 Å². The van der Waals surface area contributed by atoms with Gasteiger partial charge >= 0.3 is 0 Å². The van der Waals surface area contributed by atoms with E-state index in [1.165, 1.54) is 12.2 Å². The van der Waals surface area contributed by atoms with Crippen LogP contribution in [0.1, 0.15) is 6.42 Å². The van der Waals surface area contributed by atoms with Gasteiger partial charge in [0.15, 0.2) is 8.32 Å². The van der Waals surface area contributed by atoms with Crippen LogP contribution in [0, 0.1) is 0 Å². The van der Waals surface area contributed by atoms with E-state index < -0.39 is 8.32 Å². The Bertz CT molecular complexity index is 80.2. The number of rotatable bonds is 5. The molecule has 0 fully saturated rings. The maximum absolute atomic E-state index is 5.66. The van der Waals surface area contributed by atoms with Gasteiger partial charge in [0.05, 0.1) is 0 Å². The summed E-state index contributed by atoms with van der Waals surface area (Å²) in [6.07, 6.45) is 3.33. The average Bonchev–Trinajstić information content (AvgIpc) is 1.78. The summed E-state index contributed by atoms with van der Waals surface area (Å²) in [6.45, 7) is 7.64. The topological polar surface area (TPSA) is 9.23 Å². The third-order valence-corrected chi connectivity index (χ3v) is 2.79. The van der Waals surface area contributed by atoms with Crippen LogP contribution in [0.25, 0.3) is 0 Å². The standard InChI is InChI=1S/C7H18OSSi/c1-9-7-5-6-8-10(2,3)4/h5-7H2,1-4H3. The fraction of sp³-hybridized carbons (Fsp3) is 1.00. The quantitative estimate of drug-likeness (QED) is 0.473. The van der Waals surface area contributed by atoms with Crippen molar-refractivity contribution in [2.75, 3.05) is 18.6 Å². The predicted octanol–water partition coefficient (Wildman–Crippen LogP) is 2.59. The highest BCUT2D eigenvalue weighted by atomic mass is 32.2.